The summed E-state index contributed by atoms with van der Waals surface area (Å²) in [5.41, 5.74) is 2.06. The Kier molecular flexibility index (Phi) is 6.08. The van der Waals surface area contributed by atoms with Gasteiger partial charge in [0.25, 0.3) is 0 Å². The van der Waals surface area contributed by atoms with E-state index in [2.05, 4.69) is 16.7 Å². The number of anilines is 2. The van der Waals surface area contributed by atoms with Crippen LogP contribution in [0.2, 0.25) is 5.02 Å². The highest BCUT2D eigenvalue weighted by Gasteiger charge is 2.17. The van der Waals surface area contributed by atoms with Crippen LogP contribution in [0.15, 0.2) is 72.8 Å². The summed E-state index contributed by atoms with van der Waals surface area (Å²) in [7, 11) is 0. The molecular formula is C26H25ClN4O. The largest absolute Gasteiger partial charge is 0.457 e. The van der Waals surface area contributed by atoms with E-state index in [1.807, 2.05) is 66.7 Å². The van der Waals surface area contributed by atoms with E-state index in [4.69, 9.17) is 26.3 Å². The van der Waals surface area contributed by atoms with Gasteiger partial charge < -0.3 is 15.4 Å². The number of halogens is 1. The van der Waals surface area contributed by atoms with Crippen molar-refractivity contribution in [2.45, 2.75) is 38.3 Å². The lowest BCUT2D eigenvalue weighted by molar-refractivity contribution is 0.482. The normalized spacial score (nSPS) is 13.9. The van der Waals surface area contributed by atoms with Crippen LogP contribution in [-0.2, 0) is 6.54 Å². The molecule has 4 aromatic rings. The molecule has 6 heteroatoms. The predicted octanol–water partition coefficient (Wildman–Crippen LogP) is 7.04. The van der Waals surface area contributed by atoms with Crippen molar-refractivity contribution in [3.63, 3.8) is 0 Å². The molecule has 5 rings (SSSR count). The topological polar surface area (TPSA) is 59.1 Å². The maximum Gasteiger partial charge on any atom is 0.225 e. The van der Waals surface area contributed by atoms with Crippen molar-refractivity contribution in [2.24, 2.45) is 0 Å². The van der Waals surface area contributed by atoms with Crippen molar-refractivity contribution in [3.05, 3.63) is 83.4 Å². The van der Waals surface area contributed by atoms with E-state index < -0.39 is 0 Å². The summed E-state index contributed by atoms with van der Waals surface area (Å²) in [5, 5.41) is 8.77. The molecule has 0 unspecified atom stereocenters. The van der Waals surface area contributed by atoms with Gasteiger partial charge in [-0.25, -0.2) is 4.98 Å². The summed E-state index contributed by atoms with van der Waals surface area (Å²) in [5.74, 6) is 3.08. The third-order valence-electron chi connectivity index (χ3n) is 5.72. The molecule has 1 aliphatic carbocycles. The molecule has 32 heavy (non-hydrogen) atoms. The van der Waals surface area contributed by atoms with Crippen LogP contribution in [0.3, 0.4) is 0 Å². The minimum Gasteiger partial charge on any atom is -0.457 e. The summed E-state index contributed by atoms with van der Waals surface area (Å²) in [4.78, 5) is 9.50. The second-order valence-corrected chi connectivity index (χ2v) is 8.53. The van der Waals surface area contributed by atoms with Gasteiger partial charge in [0, 0.05) is 23.0 Å². The molecule has 1 heterocycles. The fourth-order valence-corrected chi connectivity index (χ4v) is 4.15. The predicted molar refractivity (Wildman–Crippen MR) is 131 cm³/mol. The number of nitrogens with one attached hydrogen (secondary N) is 2. The van der Waals surface area contributed by atoms with Gasteiger partial charge in [0.1, 0.15) is 17.3 Å². The third kappa shape index (κ3) is 4.94. The van der Waals surface area contributed by atoms with Crippen molar-refractivity contribution >= 4 is 34.3 Å². The zero-order chi connectivity index (χ0) is 21.8. The number of nitrogens with zero attached hydrogens (tertiary/aromatic N) is 2. The highest BCUT2D eigenvalue weighted by Crippen LogP contribution is 2.27. The zero-order valence-corrected chi connectivity index (χ0v) is 18.5. The Bertz CT molecular complexity index is 1190. The van der Waals surface area contributed by atoms with E-state index in [1.54, 1.807) is 0 Å². The Morgan fingerprint density at radius 1 is 0.844 bits per heavy atom. The molecule has 0 aliphatic heterocycles. The summed E-state index contributed by atoms with van der Waals surface area (Å²) in [6, 6.07) is 24.0. The summed E-state index contributed by atoms with van der Waals surface area (Å²) >= 11 is 5.93. The Hall–Kier alpha value is -3.31. The quantitative estimate of drug-likeness (QED) is 0.320. The molecule has 5 nitrogen and oxygen atoms in total. The number of benzene rings is 3. The maximum atomic E-state index is 5.93. The monoisotopic (exact) mass is 444 g/mol. The number of rotatable bonds is 7. The molecule has 0 radical (unpaired) electrons. The number of ether oxygens (including phenoxy) is 1. The molecule has 1 fully saturated rings. The van der Waals surface area contributed by atoms with Crippen LogP contribution in [-0.4, -0.2) is 16.0 Å². The first-order valence-electron chi connectivity index (χ1n) is 11.0. The van der Waals surface area contributed by atoms with Crippen molar-refractivity contribution in [1.82, 2.24) is 9.97 Å². The average molecular weight is 445 g/mol. The van der Waals surface area contributed by atoms with Crippen LogP contribution < -0.4 is 15.4 Å². The third-order valence-corrected chi connectivity index (χ3v) is 5.97. The average Bonchev–Trinajstić information content (AvgIpc) is 3.33. The lowest BCUT2D eigenvalue weighted by Gasteiger charge is -2.16. The molecule has 0 bridgehead atoms. The summed E-state index contributed by atoms with van der Waals surface area (Å²) in [6.45, 7) is 0.627. The standard InChI is InChI=1S/C26H25ClN4O/c27-19-11-15-22(16-12-19)32-21-13-9-18(10-14-21)17-28-26-30-24-8-4-3-7-23(24)25(31-26)29-20-5-1-2-6-20/h3-4,7-16,20H,1-2,5-6,17H2,(H2,28,29,30,31). The van der Waals surface area contributed by atoms with Gasteiger partial charge in [0.2, 0.25) is 5.95 Å². The molecule has 0 atom stereocenters. The van der Waals surface area contributed by atoms with Crippen LogP contribution in [0, 0.1) is 0 Å². The Labute approximate surface area is 192 Å². The highest BCUT2D eigenvalue weighted by molar-refractivity contribution is 6.30. The summed E-state index contributed by atoms with van der Waals surface area (Å²) in [6.07, 6.45) is 4.96. The summed E-state index contributed by atoms with van der Waals surface area (Å²) < 4.78 is 5.87. The number of para-hydroxylation sites is 1. The molecule has 0 saturated heterocycles. The van der Waals surface area contributed by atoms with Gasteiger partial charge in [0.05, 0.1) is 5.52 Å². The maximum absolute atomic E-state index is 5.93. The fraction of sp³-hybridized carbons (Fsp3) is 0.231. The molecule has 1 aliphatic rings. The number of hydrogen-bond acceptors (Lipinski definition) is 5. The highest BCUT2D eigenvalue weighted by atomic mass is 35.5. The van der Waals surface area contributed by atoms with Crippen LogP contribution in [0.4, 0.5) is 11.8 Å². The number of aromatic nitrogens is 2. The van der Waals surface area contributed by atoms with Crippen LogP contribution >= 0.6 is 11.6 Å². The first-order chi connectivity index (χ1) is 15.7. The Balaban J connectivity index is 1.27. The molecule has 0 amide bonds. The van der Waals surface area contributed by atoms with Crippen molar-refractivity contribution in [3.8, 4) is 11.5 Å². The molecule has 0 spiro atoms. The van der Waals surface area contributed by atoms with Crippen LogP contribution in [0.25, 0.3) is 10.9 Å². The lowest BCUT2D eigenvalue weighted by atomic mass is 10.2. The SMILES string of the molecule is Clc1ccc(Oc2ccc(CNc3nc(NC4CCCC4)c4ccccc4n3)cc2)cc1. The van der Waals surface area contributed by atoms with E-state index in [1.165, 1.54) is 25.7 Å². The Morgan fingerprint density at radius 2 is 1.53 bits per heavy atom. The van der Waals surface area contributed by atoms with E-state index in [0.717, 1.165) is 33.8 Å². The van der Waals surface area contributed by atoms with Crippen molar-refractivity contribution in [2.75, 3.05) is 10.6 Å². The van der Waals surface area contributed by atoms with Crippen molar-refractivity contribution < 1.29 is 4.74 Å². The zero-order valence-electron chi connectivity index (χ0n) is 17.7. The number of fused-ring (bicyclic) bond motifs is 1. The van der Waals surface area contributed by atoms with Gasteiger partial charge >= 0.3 is 0 Å². The first kappa shape index (κ1) is 20.6. The molecule has 162 valence electrons. The van der Waals surface area contributed by atoms with Crippen LogP contribution in [0.1, 0.15) is 31.2 Å². The molecule has 3 aromatic carbocycles. The minimum atomic E-state index is 0.495. The first-order valence-corrected chi connectivity index (χ1v) is 11.4. The fourth-order valence-electron chi connectivity index (χ4n) is 4.02. The second-order valence-electron chi connectivity index (χ2n) is 8.09. The molecule has 1 saturated carbocycles. The van der Waals surface area contributed by atoms with Crippen molar-refractivity contribution in [1.29, 1.82) is 0 Å². The Morgan fingerprint density at radius 3 is 2.28 bits per heavy atom. The lowest BCUT2D eigenvalue weighted by Crippen LogP contribution is -2.17. The van der Waals surface area contributed by atoms with E-state index in [-0.39, 0.29) is 0 Å². The van der Waals surface area contributed by atoms with E-state index in [9.17, 15) is 0 Å². The van der Waals surface area contributed by atoms with Gasteiger partial charge in [-0.3, -0.25) is 0 Å². The second kappa shape index (κ2) is 9.45. The molecular weight excluding hydrogens is 420 g/mol. The molecule has 2 N–H and O–H groups in total. The van der Waals surface area contributed by atoms with Gasteiger partial charge in [0.15, 0.2) is 0 Å². The minimum absolute atomic E-state index is 0.495. The van der Waals surface area contributed by atoms with Gasteiger partial charge in [-0.05, 0) is 66.9 Å². The van der Waals surface area contributed by atoms with Gasteiger partial charge in [-0.1, -0.05) is 48.7 Å². The number of hydrogen-bond donors (Lipinski definition) is 2. The van der Waals surface area contributed by atoms with E-state index in [0.29, 0.717) is 23.6 Å². The van der Waals surface area contributed by atoms with Gasteiger partial charge in [-0.2, -0.15) is 4.98 Å². The molecule has 1 aromatic heterocycles. The van der Waals surface area contributed by atoms with E-state index >= 15 is 0 Å². The van der Waals surface area contributed by atoms with Gasteiger partial charge in [-0.15, -0.1) is 0 Å². The smallest absolute Gasteiger partial charge is 0.225 e. The van der Waals surface area contributed by atoms with Crippen LogP contribution in [0.5, 0.6) is 11.5 Å².